The SMILES string of the molecule is BrCC1(c2ccccc2)OCC(c2ccc(Br)cc2)O1. The predicted molar refractivity (Wildman–Crippen MR) is 85.8 cm³/mol. The molecule has 104 valence electrons. The topological polar surface area (TPSA) is 18.5 Å². The van der Waals surface area contributed by atoms with Crippen molar-refractivity contribution in [2.45, 2.75) is 11.9 Å². The molecule has 0 aromatic heterocycles. The van der Waals surface area contributed by atoms with E-state index < -0.39 is 5.79 Å². The molecular weight excluding hydrogens is 384 g/mol. The number of alkyl halides is 1. The Balaban J connectivity index is 1.86. The molecule has 0 radical (unpaired) electrons. The third kappa shape index (κ3) is 2.70. The van der Waals surface area contributed by atoms with E-state index in [1.165, 1.54) is 0 Å². The molecule has 2 aromatic carbocycles. The van der Waals surface area contributed by atoms with Crippen molar-refractivity contribution in [1.29, 1.82) is 0 Å². The standard InChI is InChI=1S/C16H14Br2O2/c17-11-16(13-4-2-1-3-5-13)19-10-15(20-16)12-6-8-14(18)9-7-12/h1-9,15H,10-11H2. The highest BCUT2D eigenvalue weighted by Gasteiger charge is 2.42. The fraction of sp³-hybridized carbons (Fsp3) is 0.250. The number of rotatable bonds is 3. The van der Waals surface area contributed by atoms with Gasteiger partial charge < -0.3 is 9.47 Å². The summed E-state index contributed by atoms with van der Waals surface area (Å²) in [5.74, 6) is -0.695. The predicted octanol–water partition coefficient (Wildman–Crippen LogP) is 4.78. The minimum atomic E-state index is -0.695. The Hall–Kier alpha value is -0.680. The summed E-state index contributed by atoms with van der Waals surface area (Å²) in [6, 6.07) is 18.2. The average molecular weight is 398 g/mol. The van der Waals surface area contributed by atoms with E-state index in [1.807, 2.05) is 42.5 Å². The molecule has 4 heteroatoms. The molecule has 0 aliphatic carbocycles. The van der Waals surface area contributed by atoms with Gasteiger partial charge in [0.25, 0.3) is 0 Å². The van der Waals surface area contributed by atoms with Crippen molar-refractivity contribution in [1.82, 2.24) is 0 Å². The van der Waals surface area contributed by atoms with Crippen LogP contribution in [0.2, 0.25) is 0 Å². The van der Waals surface area contributed by atoms with Gasteiger partial charge in [-0.25, -0.2) is 0 Å². The van der Waals surface area contributed by atoms with Crippen molar-refractivity contribution in [2.75, 3.05) is 11.9 Å². The lowest BCUT2D eigenvalue weighted by atomic mass is 10.1. The molecule has 1 saturated heterocycles. The monoisotopic (exact) mass is 396 g/mol. The zero-order valence-corrected chi connectivity index (χ0v) is 13.9. The Kier molecular flexibility index (Phi) is 4.26. The molecular formula is C16H14Br2O2. The first-order chi connectivity index (χ1) is 9.73. The van der Waals surface area contributed by atoms with Gasteiger partial charge in [0.2, 0.25) is 5.79 Å². The zero-order chi connectivity index (χ0) is 14.0. The Labute approximate surface area is 135 Å². The molecule has 1 aliphatic rings. The second kappa shape index (κ2) is 5.98. The van der Waals surface area contributed by atoms with Crippen LogP contribution in [0.4, 0.5) is 0 Å². The van der Waals surface area contributed by atoms with E-state index in [0.29, 0.717) is 11.9 Å². The Bertz CT molecular complexity index is 571. The summed E-state index contributed by atoms with van der Waals surface area (Å²) < 4.78 is 13.3. The van der Waals surface area contributed by atoms with E-state index in [4.69, 9.17) is 9.47 Å². The highest BCUT2D eigenvalue weighted by Crippen LogP contribution is 2.41. The highest BCUT2D eigenvalue weighted by molar-refractivity contribution is 9.10. The van der Waals surface area contributed by atoms with Gasteiger partial charge in [-0.2, -0.15) is 0 Å². The minimum absolute atomic E-state index is 0.0409. The van der Waals surface area contributed by atoms with Crippen LogP contribution in [0.5, 0.6) is 0 Å². The van der Waals surface area contributed by atoms with Crippen molar-refractivity contribution in [3.05, 3.63) is 70.2 Å². The van der Waals surface area contributed by atoms with Crippen LogP contribution in [-0.2, 0) is 15.3 Å². The van der Waals surface area contributed by atoms with Gasteiger partial charge in [-0.3, -0.25) is 0 Å². The summed E-state index contributed by atoms with van der Waals surface area (Å²) in [7, 11) is 0. The first-order valence-corrected chi connectivity index (χ1v) is 8.34. The van der Waals surface area contributed by atoms with Crippen LogP contribution in [0.1, 0.15) is 17.2 Å². The molecule has 2 aromatic rings. The van der Waals surface area contributed by atoms with E-state index in [0.717, 1.165) is 15.6 Å². The second-order valence-corrected chi connectivity index (χ2v) is 6.20. The summed E-state index contributed by atoms with van der Waals surface area (Å²) >= 11 is 6.97. The van der Waals surface area contributed by atoms with E-state index in [2.05, 4.69) is 44.0 Å². The molecule has 0 N–H and O–H groups in total. The lowest BCUT2D eigenvalue weighted by Gasteiger charge is -2.26. The lowest BCUT2D eigenvalue weighted by Crippen LogP contribution is -2.29. The molecule has 20 heavy (non-hydrogen) atoms. The van der Waals surface area contributed by atoms with Crippen LogP contribution in [0, 0.1) is 0 Å². The van der Waals surface area contributed by atoms with Gasteiger partial charge in [-0.15, -0.1) is 0 Å². The average Bonchev–Trinajstić information content (AvgIpc) is 2.95. The van der Waals surface area contributed by atoms with Crippen molar-refractivity contribution in [3.63, 3.8) is 0 Å². The minimum Gasteiger partial charge on any atom is -0.342 e. The molecule has 0 amide bonds. The maximum atomic E-state index is 6.23. The molecule has 0 spiro atoms. The molecule has 2 nitrogen and oxygen atoms in total. The maximum Gasteiger partial charge on any atom is 0.205 e. The highest BCUT2D eigenvalue weighted by atomic mass is 79.9. The Morgan fingerprint density at radius 3 is 2.40 bits per heavy atom. The second-order valence-electron chi connectivity index (χ2n) is 4.72. The van der Waals surface area contributed by atoms with Gasteiger partial charge in [0.05, 0.1) is 11.9 Å². The van der Waals surface area contributed by atoms with Gasteiger partial charge in [0, 0.05) is 10.0 Å². The largest absolute Gasteiger partial charge is 0.342 e. The molecule has 2 unspecified atom stereocenters. The van der Waals surface area contributed by atoms with E-state index in [-0.39, 0.29) is 6.10 Å². The third-order valence-corrected chi connectivity index (χ3v) is 4.70. The molecule has 1 fully saturated rings. The van der Waals surface area contributed by atoms with Crippen LogP contribution in [-0.4, -0.2) is 11.9 Å². The quantitative estimate of drug-likeness (QED) is 0.693. The van der Waals surface area contributed by atoms with Crippen LogP contribution in [0.15, 0.2) is 59.1 Å². The first kappa shape index (κ1) is 14.3. The van der Waals surface area contributed by atoms with Crippen molar-refractivity contribution < 1.29 is 9.47 Å². The maximum absolute atomic E-state index is 6.23. The van der Waals surface area contributed by atoms with Crippen LogP contribution >= 0.6 is 31.9 Å². The fourth-order valence-corrected chi connectivity index (χ4v) is 3.22. The fourth-order valence-electron chi connectivity index (χ4n) is 2.34. The summed E-state index contributed by atoms with van der Waals surface area (Å²) in [6.45, 7) is 0.558. The van der Waals surface area contributed by atoms with Gasteiger partial charge in [-0.1, -0.05) is 74.3 Å². The Morgan fingerprint density at radius 2 is 1.75 bits per heavy atom. The normalized spacial score (nSPS) is 25.8. The molecule has 2 atom stereocenters. The molecule has 1 heterocycles. The van der Waals surface area contributed by atoms with Gasteiger partial charge in [0.15, 0.2) is 0 Å². The smallest absolute Gasteiger partial charge is 0.205 e. The van der Waals surface area contributed by atoms with Gasteiger partial charge >= 0.3 is 0 Å². The van der Waals surface area contributed by atoms with E-state index in [1.54, 1.807) is 0 Å². The molecule has 3 rings (SSSR count). The number of ether oxygens (including phenoxy) is 2. The lowest BCUT2D eigenvalue weighted by molar-refractivity contribution is -0.157. The van der Waals surface area contributed by atoms with Crippen LogP contribution in [0.3, 0.4) is 0 Å². The van der Waals surface area contributed by atoms with Crippen LogP contribution in [0.25, 0.3) is 0 Å². The summed E-state index contributed by atoms with van der Waals surface area (Å²) in [5.41, 5.74) is 2.17. The van der Waals surface area contributed by atoms with Crippen molar-refractivity contribution >= 4 is 31.9 Å². The van der Waals surface area contributed by atoms with E-state index >= 15 is 0 Å². The first-order valence-electron chi connectivity index (χ1n) is 6.42. The summed E-state index contributed by atoms with van der Waals surface area (Å²) in [4.78, 5) is 0. The van der Waals surface area contributed by atoms with Gasteiger partial charge in [-0.05, 0) is 17.7 Å². The van der Waals surface area contributed by atoms with Crippen molar-refractivity contribution in [2.24, 2.45) is 0 Å². The molecule has 1 aliphatic heterocycles. The van der Waals surface area contributed by atoms with Crippen molar-refractivity contribution in [3.8, 4) is 0 Å². The summed E-state index contributed by atoms with van der Waals surface area (Å²) in [5, 5.41) is 0.608. The molecule has 0 bridgehead atoms. The number of benzene rings is 2. The Morgan fingerprint density at radius 1 is 1.05 bits per heavy atom. The number of halogens is 2. The number of hydrogen-bond acceptors (Lipinski definition) is 2. The van der Waals surface area contributed by atoms with Gasteiger partial charge in [0.1, 0.15) is 6.10 Å². The van der Waals surface area contributed by atoms with E-state index in [9.17, 15) is 0 Å². The molecule has 0 saturated carbocycles. The zero-order valence-electron chi connectivity index (χ0n) is 10.8. The number of hydrogen-bond donors (Lipinski definition) is 0. The van der Waals surface area contributed by atoms with Crippen LogP contribution < -0.4 is 0 Å². The summed E-state index contributed by atoms with van der Waals surface area (Å²) in [6.07, 6.45) is -0.0409. The third-order valence-electron chi connectivity index (χ3n) is 3.43.